The molecule has 2 N–H and O–H groups in total. The Bertz CT molecular complexity index is 273. The molecule has 2 rings (SSSR count). The van der Waals surface area contributed by atoms with E-state index >= 15 is 0 Å². The highest BCUT2D eigenvalue weighted by molar-refractivity contribution is 7.09. The zero-order valence-corrected chi connectivity index (χ0v) is 9.80. The first-order chi connectivity index (χ1) is 7.36. The number of aliphatic hydroxyl groups is 1. The lowest BCUT2D eigenvalue weighted by Gasteiger charge is -2.28. The maximum Gasteiger partial charge on any atom is 0.0693 e. The Hall–Kier alpha value is -0.380. The summed E-state index contributed by atoms with van der Waals surface area (Å²) in [5.41, 5.74) is 0. The third-order valence-electron chi connectivity index (χ3n) is 3.09. The second-order valence-corrected chi connectivity index (χ2v) is 5.27. The van der Waals surface area contributed by atoms with Crippen LogP contribution in [0.4, 0.5) is 0 Å². The molecule has 3 heteroatoms. The minimum absolute atomic E-state index is 0.123. The molecule has 0 amide bonds. The summed E-state index contributed by atoms with van der Waals surface area (Å²) in [4.78, 5) is 1.42. The zero-order chi connectivity index (χ0) is 10.5. The number of thiophene rings is 1. The summed E-state index contributed by atoms with van der Waals surface area (Å²) in [7, 11) is 0. The molecule has 1 heterocycles. The summed E-state index contributed by atoms with van der Waals surface area (Å²) in [6.45, 7) is 0.988. The van der Waals surface area contributed by atoms with Crippen molar-refractivity contribution in [3.63, 3.8) is 0 Å². The van der Waals surface area contributed by atoms with Gasteiger partial charge in [0.1, 0.15) is 0 Å². The van der Waals surface area contributed by atoms with Gasteiger partial charge in [0.25, 0.3) is 0 Å². The maximum atomic E-state index is 9.77. The van der Waals surface area contributed by atoms with Crippen LogP contribution in [0.5, 0.6) is 0 Å². The van der Waals surface area contributed by atoms with Crippen molar-refractivity contribution in [2.45, 2.75) is 44.2 Å². The molecule has 1 aliphatic carbocycles. The van der Waals surface area contributed by atoms with E-state index in [1.54, 1.807) is 0 Å². The largest absolute Gasteiger partial charge is 0.392 e. The van der Waals surface area contributed by atoms with Crippen molar-refractivity contribution in [3.8, 4) is 0 Å². The van der Waals surface area contributed by atoms with Crippen LogP contribution >= 0.6 is 11.3 Å². The van der Waals surface area contributed by atoms with E-state index < -0.39 is 0 Å². The molecule has 0 aromatic carbocycles. The van der Waals surface area contributed by atoms with Gasteiger partial charge in [-0.15, -0.1) is 11.3 Å². The molecular weight excluding hydrogens is 206 g/mol. The fraction of sp³-hybridized carbons (Fsp3) is 0.667. The van der Waals surface area contributed by atoms with Crippen LogP contribution in [0.3, 0.4) is 0 Å². The first-order valence-corrected chi connectivity index (χ1v) is 6.68. The number of aliphatic hydroxyl groups excluding tert-OH is 1. The van der Waals surface area contributed by atoms with E-state index in [9.17, 15) is 5.11 Å². The molecule has 2 atom stereocenters. The Balaban J connectivity index is 1.68. The van der Waals surface area contributed by atoms with E-state index in [0.29, 0.717) is 6.04 Å². The molecule has 0 saturated heterocycles. The van der Waals surface area contributed by atoms with E-state index in [4.69, 9.17) is 0 Å². The van der Waals surface area contributed by atoms with Gasteiger partial charge in [-0.25, -0.2) is 0 Å². The summed E-state index contributed by atoms with van der Waals surface area (Å²) in [5.74, 6) is 0. The predicted octanol–water partition coefficient (Wildman–Crippen LogP) is 2.18. The van der Waals surface area contributed by atoms with Gasteiger partial charge >= 0.3 is 0 Å². The highest BCUT2D eigenvalue weighted by Crippen LogP contribution is 2.18. The molecule has 0 aliphatic heterocycles. The van der Waals surface area contributed by atoms with Crippen molar-refractivity contribution >= 4 is 11.3 Å². The Morgan fingerprint density at radius 3 is 3.00 bits per heavy atom. The molecule has 2 nitrogen and oxygen atoms in total. The van der Waals surface area contributed by atoms with Crippen molar-refractivity contribution in [1.82, 2.24) is 5.32 Å². The standard InChI is InChI=1S/C12H19NOS/c14-12-6-2-1-5-11(12)13-8-7-10-4-3-9-15-10/h3-4,9,11-14H,1-2,5-8H2/t11-,12-/m1/s1. The van der Waals surface area contributed by atoms with Crippen molar-refractivity contribution in [3.05, 3.63) is 22.4 Å². The van der Waals surface area contributed by atoms with E-state index in [2.05, 4.69) is 22.8 Å². The van der Waals surface area contributed by atoms with Gasteiger partial charge < -0.3 is 10.4 Å². The van der Waals surface area contributed by atoms with Crippen molar-refractivity contribution < 1.29 is 5.11 Å². The molecule has 84 valence electrons. The summed E-state index contributed by atoms with van der Waals surface area (Å²) < 4.78 is 0. The second-order valence-electron chi connectivity index (χ2n) is 4.24. The first-order valence-electron chi connectivity index (χ1n) is 5.80. The summed E-state index contributed by atoms with van der Waals surface area (Å²) in [6.07, 6.45) is 5.50. The fourth-order valence-electron chi connectivity index (χ4n) is 2.18. The highest BCUT2D eigenvalue weighted by atomic mass is 32.1. The van der Waals surface area contributed by atoms with Gasteiger partial charge in [0.05, 0.1) is 6.10 Å². The molecule has 1 saturated carbocycles. The van der Waals surface area contributed by atoms with E-state index in [0.717, 1.165) is 25.8 Å². The minimum Gasteiger partial charge on any atom is -0.392 e. The quantitative estimate of drug-likeness (QED) is 0.823. The lowest BCUT2D eigenvalue weighted by atomic mass is 9.92. The number of hydrogen-bond donors (Lipinski definition) is 2. The van der Waals surface area contributed by atoms with Crippen LogP contribution in [-0.4, -0.2) is 23.8 Å². The lowest BCUT2D eigenvalue weighted by molar-refractivity contribution is 0.0914. The van der Waals surface area contributed by atoms with Crippen LogP contribution in [-0.2, 0) is 6.42 Å². The molecular formula is C12H19NOS. The highest BCUT2D eigenvalue weighted by Gasteiger charge is 2.21. The molecule has 0 radical (unpaired) electrons. The molecule has 15 heavy (non-hydrogen) atoms. The first kappa shape index (κ1) is 11.1. The second kappa shape index (κ2) is 5.64. The molecule has 1 fully saturated rings. The number of hydrogen-bond acceptors (Lipinski definition) is 3. The zero-order valence-electron chi connectivity index (χ0n) is 8.98. The number of nitrogens with one attached hydrogen (secondary N) is 1. The summed E-state index contributed by atoms with van der Waals surface area (Å²) in [5, 5.41) is 15.3. The van der Waals surface area contributed by atoms with Gasteiger partial charge in [0.2, 0.25) is 0 Å². The average molecular weight is 225 g/mol. The van der Waals surface area contributed by atoms with Crippen molar-refractivity contribution in [1.29, 1.82) is 0 Å². The molecule has 1 aromatic heterocycles. The van der Waals surface area contributed by atoms with Crippen LogP contribution < -0.4 is 5.32 Å². The van der Waals surface area contributed by atoms with Gasteiger partial charge in [0, 0.05) is 17.5 Å². The van der Waals surface area contributed by atoms with Gasteiger partial charge in [-0.05, 0) is 30.7 Å². The fourth-order valence-corrected chi connectivity index (χ4v) is 2.89. The molecule has 0 spiro atoms. The molecule has 1 aliphatic rings. The smallest absolute Gasteiger partial charge is 0.0693 e. The Kier molecular flexibility index (Phi) is 4.18. The van der Waals surface area contributed by atoms with Crippen LogP contribution in [0, 0.1) is 0 Å². The van der Waals surface area contributed by atoms with E-state index in [1.807, 2.05) is 11.3 Å². The van der Waals surface area contributed by atoms with Gasteiger partial charge in [-0.2, -0.15) is 0 Å². The van der Waals surface area contributed by atoms with E-state index in [1.165, 1.54) is 17.7 Å². The topological polar surface area (TPSA) is 32.3 Å². The van der Waals surface area contributed by atoms with Crippen LogP contribution in [0.15, 0.2) is 17.5 Å². The monoisotopic (exact) mass is 225 g/mol. The SMILES string of the molecule is O[C@@H]1CCCC[C@H]1NCCc1cccs1. The van der Waals surface area contributed by atoms with Gasteiger partial charge in [-0.3, -0.25) is 0 Å². The van der Waals surface area contributed by atoms with Crippen molar-refractivity contribution in [2.24, 2.45) is 0 Å². The Labute approximate surface area is 95.3 Å². The van der Waals surface area contributed by atoms with Crippen molar-refractivity contribution in [2.75, 3.05) is 6.54 Å². The van der Waals surface area contributed by atoms with Crippen LogP contribution in [0.1, 0.15) is 30.6 Å². The van der Waals surface area contributed by atoms with E-state index in [-0.39, 0.29) is 6.10 Å². The predicted molar refractivity (Wildman–Crippen MR) is 64.3 cm³/mol. The summed E-state index contributed by atoms with van der Waals surface area (Å²) >= 11 is 1.81. The lowest BCUT2D eigenvalue weighted by Crippen LogP contribution is -2.42. The normalized spacial score (nSPS) is 26.7. The third-order valence-corrected chi connectivity index (χ3v) is 4.02. The third kappa shape index (κ3) is 3.30. The summed E-state index contributed by atoms with van der Waals surface area (Å²) in [6, 6.07) is 4.60. The maximum absolute atomic E-state index is 9.77. The Morgan fingerprint density at radius 2 is 2.27 bits per heavy atom. The molecule has 0 bridgehead atoms. The average Bonchev–Trinajstić information content (AvgIpc) is 2.74. The Morgan fingerprint density at radius 1 is 1.40 bits per heavy atom. The van der Waals surface area contributed by atoms with Gasteiger partial charge in [-0.1, -0.05) is 18.9 Å². The minimum atomic E-state index is -0.123. The molecule has 0 unspecified atom stereocenters. The van der Waals surface area contributed by atoms with Crippen LogP contribution in [0.25, 0.3) is 0 Å². The molecule has 1 aromatic rings. The number of rotatable bonds is 4. The van der Waals surface area contributed by atoms with Gasteiger partial charge in [0.15, 0.2) is 0 Å². The van der Waals surface area contributed by atoms with Crippen LogP contribution in [0.2, 0.25) is 0 Å².